The summed E-state index contributed by atoms with van der Waals surface area (Å²) in [5.41, 5.74) is 6.57. The molecular formula is C28H28N3O6PS. The highest BCUT2D eigenvalue weighted by Crippen LogP contribution is 2.49. The van der Waals surface area contributed by atoms with Crippen molar-refractivity contribution in [1.82, 2.24) is 4.98 Å². The Morgan fingerprint density at radius 1 is 0.872 bits per heavy atom. The van der Waals surface area contributed by atoms with Crippen LogP contribution in [0.3, 0.4) is 0 Å². The summed E-state index contributed by atoms with van der Waals surface area (Å²) in [5, 5.41) is 6.04. The molecule has 0 saturated heterocycles. The van der Waals surface area contributed by atoms with Crippen molar-refractivity contribution in [3.05, 3.63) is 119 Å². The third-order valence-electron chi connectivity index (χ3n) is 5.54. The number of nitrogens with two attached hydrogens (primary N) is 1. The van der Waals surface area contributed by atoms with Gasteiger partial charge in [-0.15, -0.1) is 11.3 Å². The van der Waals surface area contributed by atoms with Gasteiger partial charge in [-0.2, -0.15) is 0 Å². The summed E-state index contributed by atoms with van der Waals surface area (Å²) in [4.78, 5) is 24.0. The molecule has 0 spiro atoms. The summed E-state index contributed by atoms with van der Waals surface area (Å²) in [6, 6.07) is 28.5. The van der Waals surface area contributed by atoms with Crippen LogP contribution >= 0.6 is 19.2 Å². The average molecular weight is 566 g/mol. The Balaban J connectivity index is 1.89. The maximum atomic E-state index is 13.4. The molecule has 0 aliphatic carbocycles. The van der Waals surface area contributed by atoms with Crippen LogP contribution in [0.2, 0.25) is 0 Å². The highest BCUT2D eigenvalue weighted by atomic mass is 32.1. The largest absolute Gasteiger partial charge is 0.532 e. The van der Waals surface area contributed by atoms with Gasteiger partial charge in [0.15, 0.2) is 5.13 Å². The molecule has 9 nitrogen and oxygen atoms in total. The second-order valence-electron chi connectivity index (χ2n) is 8.04. The first-order chi connectivity index (χ1) is 18.9. The quantitative estimate of drug-likeness (QED) is 0.0938. The van der Waals surface area contributed by atoms with Gasteiger partial charge in [-0.1, -0.05) is 96.2 Å². The molecule has 0 aliphatic heterocycles. The molecular weight excluding hydrogens is 537 g/mol. The zero-order chi connectivity index (χ0) is 27.7. The fourth-order valence-corrected chi connectivity index (χ4v) is 5.58. The number of hydrogen-bond donors (Lipinski definition) is 1. The van der Waals surface area contributed by atoms with Gasteiger partial charge in [0, 0.05) is 22.1 Å². The standard InChI is InChI=1S/C28H28N3O6PS/c1-3-34-38(33,35-4-2)36-26(32)25(24-20-39-27(29)30-24)31-37-28(21-14-8-5-9-15-21,22-16-10-6-11-17-22)23-18-12-7-13-19-23/h5-20H,3-4H2,1-2H3,(H2,29,30)/b31-25+. The smallest absolute Gasteiger partial charge is 0.375 e. The van der Waals surface area contributed by atoms with E-state index in [0.717, 1.165) is 28.0 Å². The minimum Gasteiger partial charge on any atom is -0.375 e. The van der Waals surface area contributed by atoms with E-state index in [9.17, 15) is 9.36 Å². The van der Waals surface area contributed by atoms with Gasteiger partial charge >= 0.3 is 13.8 Å². The molecule has 0 amide bonds. The van der Waals surface area contributed by atoms with Gasteiger partial charge in [-0.3, -0.25) is 9.05 Å². The molecule has 0 saturated carbocycles. The minimum absolute atomic E-state index is 0.00365. The molecule has 3 aromatic carbocycles. The number of thiazole rings is 1. The molecule has 0 bridgehead atoms. The summed E-state index contributed by atoms with van der Waals surface area (Å²) >= 11 is 1.10. The van der Waals surface area contributed by atoms with Crippen LogP contribution in [0.15, 0.2) is 102 Å². The number of oxime groups is 1. The molecule has 4 aromatic rings. The molecule has 1 heterocycles. The summed E-state index contributed by atoms with van der Waals surface area (Å²) in [5.74, 6) is -1.10. The highest BCUT2D eigenvalue weighted by molar-refractivity contribution is 7.49. The predicted octanol–water partition coefficient (Wildman–Crippen LogP) is 6.16. The van der Waals surface area contributed by atoms with Crippen molar-refractivity contribution in [1.29, 1.82) is 0 Å². The fraction of sp³-hybridized carbons (Fsp3) is 0.179. The Morgan fingerprint density at radius 2 is 1.33 bits per heavy atom. The van der Waals surface area contributed by atoms with E-state index in [-0.39, 0.29) is 29.8 Å². The van der Waals surface area contributed by atoms with E-state index in [1.54, 1.807) is 13.8 Å². The summed E-state index contributed by atoms with van der Waals surface area (Å²) < 4.78 is 28.5. The molecule has 0 unspecified atom stereocenters. The Morgan fingerprint density at radius 3 is 1.72 bits per heavy atom. The summed E-state index contributed by atoms with van der Waals surface area (Å²) in [7, 11) is -4.22. The Kier molecular flexibility index (Phi) is 9.27. The van der Waals surface area contributed by atoms with Crippen molar-refractivity contribution in [3.63, 3.8) is 0 Å². The number of carbonyl (C=O) groups excluding carboxylic acids is 1. The molecule has 1 aromatic heterocycles. The lowest BCUT2D eigenvalue weighted by Crippen LogP contribution is -2.32. The number of phosphoric acid groups is 1. The lowest BCUT2D eigenvalue weighted by Gasteiger charge is -2.33. The van der Waals surface area contributed by atoms with Gasteiger partial charge in [-0.05, 0) is 13.8 Å². The van der Waals surface area contributed by atoms with Crippen LogP contribution in [0.25, 0.3) is 0 Å². The first-order valence-electron chi connectivity index (χ1n) is 12.2. The molecule has 202 valence electrons. The zero-order valence-corrected chi connectivity index (χ0v) is 23.1. The van der Waals surface area contributed by atoms with Gasteiger partial charge in [0.1, 0.15) is 5.69 Å². The third kappa shape index (κ3) is 6.43. The van der Waals surface area contributed by atoms with Crippen LogP contribution in [0, 0.1) is 0 Å². The van der Waals surface area contributed by atoms with Crippen LogP contribution in [0.4, 0.5) is 5.13 Å². The highest BCUT2D eigenvalue weighted by Gasteiger charge is 2.41. The average Bonchev–Trinajstić information content (AvgIpc) is 3.38. The van der Waals surface area contributed by atoms with Crippen LogP contribution in [0.5, 0.6) is 0 Å². The second kappa shape index (κ2) is 12.8. The number of anilines is 1. The Hall–Kier alpha value is -3.82. The molecule has 0 aliphatic rings. The van der Waals surface area contributed by atoms with Gasteiger partial charge in [0.05, 0.1) is 13.2 Å². The molecule has 39 heavy (non-hydrogen) atoms. The van der Waals surface area contributed by atoms with Crippen molar-refractivity contribution in [2.45, 2.75) is 19.4 Å². The first-order valence-corrected chi connectivity index (χ1v) is 14.5. The number of nitrogen functional groups attached to an aromatic ring is 1. The molecule has 0 atom stereocenters. The number of aromatic nitrogens is 1. The number of hydrogen-bond acceptors (Lipinski definition) is 10. The van der Waals surface area contributed by atoms with Gasteiger partial charge in [-0.25, -0.2) is 14.3 Å². The monoisotopic (exact) mass is 565 g/mol. The normalized spacial score (nSPS) is 12.2. The Bertz CT molecular complexity index is 1340. The number of carbonyl (C=O) groups is 1. The minimum atomic E-state index is -4.22. The molecule has 11 heteroatoms. The maximum absolute atomic E-state index is 13.4. The van der Waals surface area contributed by atoms with Gasteiger partial charge < -0.3 is 15.1 Å². The fourth-order valence-electron chi connectivity index (χ4n) is 3.93. The lowest BCUT2D eigenvalue weighted by atomic mass is 9.80. The van der Waals surface area contributed by atoms with E-state index in [4.69, 9.17) is 24.1 Å². The third-order valence-corrected chi connectivity index (χ3v) is 7.75. The number of benzene rings is 3. The van der Waals surface area contributed by atoms with E-state index in [0.29, 0.717) is 0 Å². The van der Waals surface area contributed by atoms with Crippen molar-refractivity contribution >= 4 is 36.0 Å². The number of phosphoric ester groups is 1. The lowest BCUT2D eigenvalue weighted by molar-refractivity contribution is -0.129. The van der Waals surface area contributed by atoms with Gasteiger partial charge in [0.2, 0.25) is 11.3 Å². The first kappa shape index (κ1) is 28.2. The van der Waals surface area contributed by atoms with E-state index < -0.39 is 19.4 Å². The topological polar surface area (TPSA) is 122 Å². The van der Waals surface area contributed by atoms with Crippen molar-refractivity contribution in [2.24, 2.45) is 5.16 Å². The molecule has 4 rings (SSSR count). The Labute approximate surface area is 230 Å². The number of rotatable bonds is 12. The second-order valence-corrected chi connectivity index (χ2v) is 10.5. The van der Waals surface area contributed by atoms with Crippen LogP contribution in [-0.4, -0.2) is 29.9 Å². The van der Waals surface area contributed by atoms with E-state index >= 15 is 0 Å². The van der Waals surface area contributed by atoms with Crippen LogP contribution in [0.1, 0.15) is 36.2 Å². The maximum Gasteiger partial charge on any atom is 0.532 e. The van der Waals surface area contributed by atoms with Crippen LogP contribution < -0.4 is 5.73 Å². The van der Waals surface area contributed by atoms with E-state index in [1.807, 2.05) is 91.0 Å². The van der Waals surface area contributed by atoms with Crippen molar-refractivity contribution in [2.75, 3.05) is 18.9 Å². The number of nitrogens with zero attached hydrogens (tertiary/aromatic N) is 2. The van der Waals surface area contributed by atoms with E-state index in [2.05, 4.69) is 10.1 Å². The van der Waals surface area contributed by atoms with E-state index in [1.165, 1.54) is 5.38 Å². The van der Waals surface area contributed by atoms with Crippen LogP contribution in [-0.2, 0) is 33.4 Å². The molecule has 2 N–H and O–H groups in total. The zero-order valence-electron chi connectivity index (χ0n) is 21.4. The molecule has 0 radical (unpaired) electrons. The SMILES string of the molecule is CCOP(=O)(OCC)OC(=O)/C(=N/OC(c1ccccc1)(c1ccccc1)c1ccccc1)c1csc(N)n1. The summed E-state index contributed by atoms with van der Waals surface area (Å²) in [6.07, 6.45) is 0. The van der Waals surface area contributed by atoms with Gasteiger partial charge in [0.25, 0.3) is 0 Å². The summed E-state index contributed by atoms with van der Waals surface area (Å²) in [6.45, 7) is 3.20. The van der Waals surface area contributed by atoms with Crippen molar-refractivity contribution < 1.29 is 27.8 Å². The van der Waals surface area contributed by atoms with Crippen molar-refractivity contribution in [3.8, 4) is 0 Å². The molecule has 0 fully saturated rings. The predicted molar refractivity (Wildman–Crippen MR) is 150 cm³/mol.